The molecule has 1 heterocycles. The SMILES string of the molecule is CC(C)(CNC(=O)C1CCCNC1)c1ccccc1.Cl. The first kappa shape index (κ1) is 17.0. The van der Waals surface area contributed by atoms with Crippen LogP contribution < -0.4 is 10.6 Å². The van der Waals surface area contributed by atoms with Gasteiger partial charge in [0.05, 0.1) is 5.92 Å². The number of rotatable bonds is 4. The van der Waals surface area contributed by atoms with Crippen LogP contribution in [0.2, 0.25) is 0 Å². The maximum Gasteiger partial charge on any atom is 0.224 e. The molecule has 0 aromatic heterocycles. The molecule has 1 saturated heterocycles. The Kier molecular flexibility index (Phi) is 6.50. The lowest BCUT2D eigenvalue weighted by Crippen LogP contribution is -2.44. The molecular formula is C16H25ClN2O. The van der Waals surface area contributed by atoms with Crippen LogP contribution >= 0.6 is 12.4 Å². The number of halogens is 1. The molecule has 0 saturated carbocycles. The van der Waals surface area contributed by atoms with Crippen LogP contribution in [0.1, 0.15) is 32.3 Å². The van der Waals surface area contributed by atoms with E-state index in [0.717, 1.165) is 25.9 Å². The second-order valence-electron chi connectivity index (χ2n) is 6.01. The van der Waals surface area contributed by atoms with Crippen LogP contribution in [0, 0.1) is 5.92 Å². The first-order chi connectivity index (χ1) is 9.09. The summed E-state index contributed by atoms with van der Waals surface area (Å²) in [5.74, 6) is 0.330. The van der Waals surface area contributed by atoms with Crippen LogP contribution in [0.5, 0.6) is 0 Å². The minimum atomic E-state index is -0.0288. The van der Waals surface area contributed by atoms with Gasteiger partial charge >= 0.3 is 0 Å². The zero-order valence-electron chi connectivity index (χ0n) is 12.3. The van der Waals surface area contributed by atoms with Gasteiger partial charge in [-0.2, -0.15) is 0 Å². The third-order valence-corrected chi connectivity index (χ3v) is 3.93. The summed E-state index contributed by atoms with van der Waals surface area (Å²) >= 11 is 0. The van der Waals surface area contributed by atoms with E-state index in [9.17, 15) is 4.79 Å². The number of amides is 1. The molecule has 1 fully saturated rings. The van der Waals surface area contributed by atoms with Gasteiger partial charge < -0.3 is 10.6 Å². The van der Waals surface area contributed by atoms with Gasteiger partial charge in [0.25, 0.3) is 0 Å². The van der Waals surface area contributed by atoms with Crippen molar-refractivity contribution >= 4 is 18.3 Å². The zero-order chi connectivity index (χ0) is 13.7. The van der Waals surface area contributed by atoms with Crippen LogP contribution in [-0.2, 0) is 10.2 Å². The Morgan fingerprint density at radius 3 is 2.65 bits per heavy atom. The maximum absolute atomic E-state index is 12.1. The average Bonchev–Trinajstić information content (AvgIpc) is 2.47. The van der Waals surface area contributed by atoms with E-state index in [1.165, 1.54) is 5.56 Å². The lowest BCUT2D eigenvalue weighted by Gasteiger charge is -2.28. The Balaban J connectivity index is 0.00000200. The van der Waals surface area contributed by atoms with Gasteiger partial charge in [-0.05, 0) is 24.9 Å². The van der Waals surface area contributed by atoms with E-state index < -0.39 is 0 Å². The molecule has 0 aliphatic carbocycles. The quantitative estimate of drug-likeness (QED) is 0.896. The fourth-order valence-corrected chi connectivity index (χ4v) is 2.52. The van der Waals surface area contributed by atoms with Gasteiger partial charge in [0.2, 0.25) is 5.91 Å². The lowest BCUT2D eigenvalue weighted by molar-refractivity contribution is -0.125. The molecule has 112 valence electrons. The molecule has 20 heavy (non-hydrogen) atoms. The van der Waals surface area contributed by atoms with Gasteiger partial charge in [0.1, 0.15) is 0 Å². The molecule has 1 amide bonds. The first-order valence-electron chi connectivity index (χ1n) is 7.13. The van der Waals surface area contributed by atoms with Crippen molar-refractivity contribution in [2.75, 3.05) is 19.6 Å². The van der Waals surface area contributed by atoms with Crippen LogP contribution in [0.25, 0.3) is 0 Å². The molecule has 1 aliphatic rings. The summed E-state index contributed by atoms with van der Waals surface area (Å²) in [7, 11) is 0. The van der Waals surface area contributed by atoms with Crippen LogP contribution in [0.3, 0.4) is 0 Å². The number of hydrogen-bond donors (Lipinski definition) is 2. The fraction of sp³-hybridized carbons (Fsp3) is 0.562. The first-order valence-corrected chi connectivity index (χ1v) is 7.13. The summed E-state index contributed by atoms with van der Waals surface area (Å²) < 4.78 is 0. The largest absolute Gasteiger partial charge is 0.355 e. The molecule has 1 aromatic rings. The monoisotopic (exact) mass is 296 g/mol. The number of carbonyl (C=O) groups is 1. The van der Waals surface area contributed by atoms with E-state index in [2.05, 4.69) is 36.6 Å². The minimum Gasteiger partial charge on any atom is -0.355 e. The van der Waals surface area contributed by atoms with Crippen molar-refractivity contribution < 1.29 is 4.79 Å². The van der Waals surface area contributed by atoms with Crippen molar-refractivity contribution in [3.63, 3.8) is 0 Å². The van der Waals surface area contributed by atoms with Crippen LogP contribution in [0.15, 0.2) is 30.3 Å². The van der Waals surface area contributed by atoms with E-state index in [-0.39, 0.29) is 29.6 Å². The van der Waals surface area contributed by atoms with Crippen molar-refractivity contribution in [2.45, 2.75) is 32.1 Å². The second kappa shape index (κ2) is 7.65. The zero-order valence-corrected chi connectivity index (χ0v) is 13.1. The molecule has 0 bridgehead atoms. The van der Waals surface area contributed by atoms with E-state index in [1.807, 2.05) is 18.2 Å². The van der Waals surface area contributed by atoms with Gasteiger partial charge in [-0.25, -0.2) is 0 Å². The van der Waals surface area contributed by atoms with Crippen LogP contribution in [-0.4, -0.2) is 25.5 Å². The lowest BCUT2D eigenvalue weighted by atomic mass is 9.84. The maximum atomic E-state index is 12.1. The standard InChI is InChI=1S/C16H24N2O.ClH/c1-16(2,14-8-4-3-5-9-14)12-18-15(19)13-7-6-10-17-11-13;/h3-5,8-9,13,17H,6-7,10-12H2,1-2H3,(H,18,19);1H. The predicted octanol–water partition coefficient (Wildman–Crippen LogP) is 2.50. The normalized spacial score (nSPS) is 19.0. The van der Waals surface area contributed by atoms with E-state index in [4.69, 9.17) is 0 Å². The smallest absolute Gasteiger partial charge is 0.224 e. The van der Waals surface area contributed by atoms with E-state index in [0.29, 0.717) is 6.54 Å². The highest BCUT2D eigenvalue weighted by molar-refractivity contribution is 5.85. The highest BCUT2D eigenvalue weighted by Crippen LogP contribution is 2.22. The summed E-state index contributed by atoms with van der Waals surface area (Å²) in [5.41, 5.74) is 1.23. The fourth-order valence-electron chi connectivity index (χ4n) is 2.52. The molecule has 4 heteroatoms. The number of hydrogen-bond acceptors (Lipinski definition) is 2. The molecule has 0 spiro atoms. The van der Waals surface area contributed by atoms with Crippen molar-refractivity contribution in [3.8, 4) is 0 Å². The Morgan fingerprint density at radius 1 is 1.35 bits per heavy atom. The highest BCUT2D eigenvalue weighted by atomic mass is 35.5. The number of benzene rings is 1. The number of carbonyl (C=O) groups excluding carboxylic acids is 1. The van der Waals surface area contributed by atoms with Crippen molar-refractivity contribution in [2.24, 2.45) is 5.92 Å². The third-order valence-electron chi connectivity index (χ3n) is 3.93. The second-order valence-corrected chi connectivity index (χ2v) is 6.01. The van der Waals surface area contributed by atoms with E-state index >= 15 is 0 Å². The Morgan fingerprint density at radius 2 is 2.05 bits per heavy atom. The molecule has 3 nitrogen and oxygen atoms in total. The number of piperidine rings is 1. The Bertz CT molecular complexity index is 414. The summed E-state index contributed by atoms with van der Waals surface area (Å²) in [6, 6.07) is 10.3. The van der Waals surface area contributed by atoms with Crippen molar-refractivity contribution in [3.05, 3.63) is 35.9 Å². The molecular weight excluding hydrogens is 272 g/mol. The summed E-state index contributed by atoms with van der Waals surface area (Å²) in [5, 5.41) is 6.40. The molecule has 0 radical (unpaired) electrons. The molecule has 1 unspecified atom stereocenters. The molecule has 1 atom stereocenters. The highest BCUT2D eigenvalue weighted by Gasteiger charge is 2.25. The minimum absolute atomic E-state index is 0. The summed E-state index contributed by atoms with van der Waals surface area (Å²) in [6.07, 6.45) is 2.10. The van der Waals surface area contributed by atoms with Gasteiger partial charge in [-0.3, -0.25) is 4.79 Å². The molecule has 1 aromatic carbocycles. The van der Waals surface area contributed by atoms with Gasteiger partial charge in [-0.1, -0.05) is 44.2 Å². The predicted molar refractivity (Wildman–Crippen MR) is 85.3 cm³/mol. The van der Waals surface area contributed by atoms with Crippen molar-refractivity contribution in [1.29, 1.82) is 0 Å². The topological polar surface area (TPSA) is 41.1 Å². The van der Waals surface area contributed by atoms with Gasteiger partial charge in [0, 0.05) is 18.5 Å². The third kappa shape index (κ3) is 4.50. The van der Waals surface area contributed by atoms with Gasteiger partial charge in [-0.15, -0.1) is 12.4 Å². The number of nitrogens with one attached hydrogen (secondary N) is 2. The molecule has 2 N–H and O–H groups in total. The molecule has 2 rings (SSSR count). The summed E-state index contributed by atoms with van der Waals surface area (Å²) in [4.78, 5) is 12.1. The van der Waals surface area contributed by atoms with Crippen LogP contribution in [0.4, 0.5) is 0 Å². The van der Waals surface area contributed by atoms with Gasteiger partial charge in [0.15, 0.2) is 0 Å². The van der Waals surface area contributed by atoms with Crippen molar-refractivity contribution in [1.82, 2.24) is 10.6 Å². The summed E-state index contributed by atoms with van der Waals surface area (Å²) in [6.45, 7) is 6.88. The Hall–Kier alpha value is -1.06. The average molecular weight is 297 g/mol. The van der Waals surface area contributed by atoms with E-state index in [1.54, 1.807) is 0 Å². The Labute approximate surface area is 127 Å². The molecule has 1 aliphatic heterocycles.